The second-order valence-corrected chi connectivity index (χ2v) is 5.62. The van der Waals surface area contributed by atoms with Gasteiger partial charge in [-0.15, -0.1) is 0 Å². The fourth-order valence-electron chi connectivity index (χ4n) is 2.65. The quantitative estimate of drug-likeness (QED) is 0.692. The highest BCUT2D eigenvalue weighted by atomic mass is 32.1. The largest absolute Gasteiger partial charge is 0.467 e. The van der Waals surface area contributed by atoms with Crippen LogP contribution in [0.5, 0.6) is 0 Å². The molecular weight excluding hydrogens is 308 g/mol. The van der Waals surface area contributed by atoms with Crippen molar-refractivity contribution in [1.82, 2.24) is 14.8 Å². The minimum absolute atomic E-state index is 0.565. The number of aromatic amines is 1. The topological polar surface area (TPSA) is 50.0 Å². The first-order valence-electron chi connectivity index (χ1n) is 7.76. The summed E-state index contributed by atoms with van der Waals surface area (Å²) in [6, 6.07) is 12.2. The van der Waals surface area contributed by atoms with Gasteiger partial charge in [-0.05, 0) is 62.5 Å². The Hall–Kier alpha value is -2.34. The van der Waals surface area contributed by atoms with Gasteiger partial charge >= 0.3 is 0 Å². The van der Waals surface area contributed by atoms with Crippen molar-refractivity contribution in [3.63, 3.8) is 0 Å². The maximum Gasteiger partial charge on any atom is 0.195 e. The fourth-order valence-corrected chi connectivity index (χ4v) is 2.85. The van der Waals surface area contributed by atoms with Crippen molar-refractivity contribution in [3.05, 3.63) is 53.2 Å². The van der Waals surface area contributed by atoms with E-state index in [1.165, 1.54) is 5.69 Å². The summed E-state index contributed by atoms with van der Waals surface area (Å²) in [5, 5.41) is 7.24. The molecule has 0 unspecified atom stereocenters. The van der Waals surface area contributed by atoms with Gasteiger partial charge in [0, 0.05) is 24.3 Å². The maximum atomic E-state index is 5.42. The third kappa shape index (κ3) is 3.22. The molecule has 0 bridgehead atoms. The first-order valence-corrected chi connectivity index (χ1v) is 8.16. The molecule has 0 radical (unpaired) electrons. The first-order chi connectivity index (χ1) is 11.2. The molecule has 2 aromatic heterocycles. The minimum atomic E-state index is 0.565. The molecule has 0 amide bonds. The lowest BCUT2D eigenvalue weighted by atomic mass is 10.2. The molecule has 120 valence electrons. The van der Waals surface area contributed by atoms with Gasteiger partial charge in [-0.3, -0.25) is 9.67 Å². The van der Waals surface area contributed by atoms with Crippen molar-refractivity contribution >= 4 is 17.9 Å². The van der Waals surface area contributed by atoms with E-state index in [1.54, 1.807) is 6.26 Å². The molecular formula is C17H20N4OS. The highest BCUT2D eigenvalue weighted by molar-refractivity contribution is 7.71. The van der Waals surface area contributed by atoms with Gasteiger partial charge in [0.05, 0.1) is 12.8 Å². The SMILES string of the molecule is CCN(CC)c1ccc(-c2n[nH]c(=S)n2Cc2ccco2)cc1. The molecule has 1 N–H and O–H groups in total. The van der Waals surface area contributed by atoms with Gasteiger partial charge in [0.15, 0.2) is 10.6 Å². The number of hydrogen-bond acceptors (Lipinski definition) is 4. The smallest absolute Gasteiger partial charge is 0.195 e. The van der Waals surface area contributed by atoms with Crippen LogP contribution < -0.4 is 4.90 Å². The number of nitrogens with zero attached hydrogens (tertiary/aromatic N) is 3. The Morgan fingerprint density at radius 1 is 1.17 bits per heavy atom. The molecule has 6 heteroatoms. The zero-order valence-electron chi connectivity index (χ0n) is 13.3. The van der Waals surface area contributed by atoms with E-state index in [2.05, 4.69) is 53.2 Å². The van der Waals surface area contributed by atoms with E-state index < -0.39 is 0 Å². The first kappa shape index (κ1) is 15.6. The van der Waals surface area contributed by atoms with Crippen LogP contribution in [0.1, 0.15) is 19.6 Å². The van der Waals surface area contributed by atoms with Gasteiger partial charge in [-0.2, -0.15) is 5.10 Å². The molecule has 0 fully saturated rings. The van der Waals surface area contributed by atoms with Crippen molar-refractivity contribution < 1.29 is 4.42 Å². The van der Waals surface area contributed by atoms with E-state index in [9.17, 15) is 0 Å². The molecule has 3 aromatic rings. The lowest BCUT2D eigenvalue weighted by Crippen LogP contribution is -2.21. The highest BCUT2D eigenvalue weighted by Crippen LogP contribution is 2.22. The van der Waals surface area contributed by atoms with Crippen molar-refractivity contribution in [3.8, 4) is 11.4 Å². The number of H-pyrrole nitrogens is 1. The number of furan rings is 1. The van der Waals surface area contributed by atoms with Gasteiger partial charge < -0.3 is 9.32 Å². The second-order valence-electron chi connectivity index (χ2n) is 5.24. The summed E-state index contributed by atoms with van der Waals surface area (Å²) < 4.78 is 7.95. The summed E-state index contributed by atoms with van der Waals surface area (Å²) in [7, 11) is 0. The normalized spacial score (nSPS) is 10.9. The minimum Gasteiger partial charge on any atom is -0.467 e. The Balaban J connectivity index is 1.91. The number of hydrogen-bond donors (Lipinski definition) is 1. The van der Waals surface area contributed by atoms with Crippen molar-refractivity contribution in [2.45, 2.75) is 20.4 Å². The molecule has 0 aliphatic heterocycles. The third-order valence-corrected chi connectivity index (χ3v) is 4.22. The van der Waals surface area contributed by atoms with Crippen molar-refractivity contribution in [2.75, 3.05) is 18.0 Å². The molecule has 23 heavy (non-hydrogen) atoms. The molecule has 0 aliphatic carbocycles. The van der Waals surface area contributed by atoms with Crippen LogP contribution in [-0.2, 0) is 6.54 Å². The molecule has 1 aromatic carbocycles. The zero-order chi connectivity index (χ0) is 16.2. The van der Waals surface area contributed by atoms with Crippen LogP contribution in [0.15, 0.2) is 47.1 Å². The van der Waals surface area contributed by atoms with Gasteiger partial charge in [-0.1, -0.05) is 0 Å². The summed E-state index contributed by atoms with van der Waals surface area (Å²) in [4.78, 5) is 2.31. The molecule has 0 saturated carbocycles. The Kier molecular flexibility index (Phi) is 4.62. The average Bonchev–Trinajstić information content (AvgIpc) is 3.21. The van der Waals surface area contributed by atoms with E-state index in [1.807, 2.05) is 16.7 Å². The van der Waals surface area contributed by atoms with E-state index in [0.29, 0.717) is 11.3 Å². The molecule has 5 nitrogen and oxygen atoms in total. The maximum absolute atomic E-state index is 5.42. The number of benzene rings is 1. The summed E-state index contributed by atoms with van der Waals surface area (Å²) in [5.74, 6) is 1.67. The standard InChI is InChI=1S/C17H20N4OS/c1-3-20(4-2)14-9-7-13(8-10-14)16-18-19-17(23)21(16)12-15-6-5-11-22-15/h5-11H,3-4,12H2,1-2H3,(H,19,23). The number of anilines is 1. The van der Waals surface area contributed by atoms with Crippen LogP contribution in [0.25, 0.3) is 11.4 Å². The Morgan fingerprint density at radius 3 is 2.52 bits per heavy atom. The Morgan fingerprint density at radius 2 is 1.91 bits per heavy atom. The van der Waals surface area contributed by atoms with Crippen LogP contribution in [0, 0.1) is 4.77 Å². The lowest BCUT2D eigenvalue weighted by Gasteiger charge is -2.21. The molecule has 3 rings (SSSR count). The van der Waals surface area contributed by atoms with Gasteiger partial charge in [-0.25, -0.2) is 0 Å². The van der Waals surface area contributed by atoms with E-state index in [-0.39, 0.29) is 0 Å². The van der Waals surface area contributed by atoms with E-state index in [0.717, 1.165) is 30.2 Å². The zero-order valence-corrected chi connectivity index (χ0v) is 14.1. The summed E-state index contributed by atoms with van der Waals surface area (Å²) in [5.41, 5.74) is 2.24. The van der Waals surface area contributed by atoms with Crippen LogP contribution >= 0.6 is 12.2 Å². The molecule has 0 spiro atoms. The Bertz CT molecular complexity index is 798. The van der Waals surface area contributed by atoms with E-state index >= 15 is 0 Å². The number of rotatable bonds is 6. The predicted molar refractivity (Wildman–Crippen MR) is 94.2 cm³/mol. The summed E-state index contributed by atoms with van der Waals surface area (Å²) in [6.45, 7) is 6.87. The Labute approximate surface area is 140 Å². The average molecular weight is 328 g/mol. The second kappa shape index (κ2) is 6.83. The van der Waals surface area contributed by atoms with Gasteiger partial charge in [0.2, 0.25) is 0 Å². The van der Waals surface area contributed by atoms with Crippen LogP contribution in [0.4, 0.5) is 5.69 Å². The van der Waals surface area contributed by atoms with Crippen LogP contribution in [0.3, 0.4) is 0 Å². The molecule has 0 atom stereocenters. The number of nitrogens with one attached hydrogen (secondary N) is 1. The number of aromatic nitrogens is 3. The van der Waals surface area contributed by atoms with Gasteiger partial charge in [0.25, 0.3) is 0 Å². The predicted octanol–water partition coefficient (Wildman–Crippen LogP) is 4.10. The van der Waals surface area contributed by atoms with Crippen LogP contribution in [-0.4, -0.2) is 27.9 Å². The highest BCUT2D eigenvalue weighted by Gasteiger charge is 2.11. The molecule has 0 saturated heterocycles. The fraction of sp³-hybridized carbons (Fsp3) is 0.294. The molecule has 2 heterocycles. The third-order valence-electron chi connectivity index (χ3n) is 3.91. The molecule has 0 aliphatic rings. The summed E-state index contributed by atoms with van der Waals surface area (Å²) in [6.07, 6.45) is 1.66. The van der Waals surface area contributed by atoms with Gasteiger partial charge in [0.1, 0.15) is 5.76 Å². The van der Waals surface area contributed by atoms with Crippen LogP contribution in [0.2, 0.25) is 0 Å². The van der Waals surface area contributed by atoms with E-state index in [4.69, 9.17) is 16.6 Å². The lowest BCUT2D eigenvalue weighted by molar-refractivity contribution is 0.493. The summed E-state index contributed by atoms with van der Waals surface area (Å²) >= 11 is 5.35. The van der Waals surface area contributed by atoms with Crippen molar-refractivity contribution in [2.24, 2.45) is 0 Å². The monoisotopic (exact) mass is 328 g/mol. The van der Waals surface area contributed by atoms with Crippen molar-refractivity contribution in [1.29, 1.82) is 0 Å².